The number of benzene rings is 1. The Kier molecular flexibility index (Phi) is 5.79. The quantitative estimate of drug-likeness (QED) is 0.834. The number of hydrogen-bond acceptors (Lipinski definition) is 3. The fraction of sp³-hybridized carbons (Fsp3) is 0.357. The Bertz CT molecular complexity index is 564. The first-order valence-electron chi connectivity index (χ1n) is 6.17. The smallest absolute Gasteiger partial charge is 0.326 e. The molecule has 0 unspecified atom stereocenters. The molecule has 0 aromatic heterocycles. The Morgan fingerprint density at radius 3 is 2.38 bits per heavy atom. The van der Waals surface area contributed by atoms with Gasteiger partial charge >= 0.3 is 5.97 Å². The van der Waals surface area contributed by atoms with Crippen LogP contribution in [0.5, 0.6) is 0 Å². The molecule has 112 valence electrons. The predicted octanol–water partition coefficient (Wildman–Crippen LogP) is 1.63. The molecule has 2 atom stereocenters. The van der Waals surface area contributed by atoms with Gasteiger partial charge < -0.3 is 10.4 Å². The van der Waals surface area contributed by atoms with E-state index in [0.29, 0.717) is 6.07 Å². The van der Waals surface area contributed by atoms with Gasteiger partial charge in [-0.05, 0) is 17.7 Å². The van der Waals surface area contributed by atoms with Crippen LogP contribution >= 0.6 is 0 Å². The molecule has 5 nitrogen and oxygen atoms in total. The minimum absolute atomic E-state index is 0.0359. The van der Waals surface area contributed by atoms with E-state index in [9.17, 15) is 18.4 Å². The molecule has 1 amide bonds. The van der Waals surface area contributed by atoms with Gasteiger partial charge in [0, 0.05) is 18.4 Å². The molecule has 1 aromatic rings. The molecule has 2 N–H and O–H groups in total. The van der Waals surface area contributed by atoms with Crippen LogP contribution in [0, 0.1) is 28.9 Å². The number of carbonyl (C=O) groups is 2. The van der Waals surface area contributed by atoms with Crippen molar-refractivity contribution >= 4 is 11.9 Å². The summed E-state index contributed by atoms with van der Waals surface area (Å²) in [6, 6.07) is 3.27. The van der Waals surface area contributed by atoms with Crippen molar-refractivity contribution in [1.29, 1.82) is 5.26 Å². The molecule has 0 heterocycles. The van der Waals surface area contributed by atoms with E-state index in [1.165, 1.54) is 6.92 Å². The Balaban J connectivity index is 2.74. The van der Waals surface area contributed by atoms with Crippen LogP contribution in [0.3, 0.4) is 0 Å². The van der Waals surface area contributed by atoms with Crippen LogP contribution in [-0.4, -0.2) is 23.0 Å². The van der Waals surface area contributed by atoms with E-state index in [4.69, 9.17) is 10.4 Å². The van der Waals surface area contributed by atoms with Crippen LogP contribution in [0.2, 0.25) is 0 Å². The van der Waals surface area contributed by atoms with Gasteiger partial charge in [-0.25, -0.2) is 13.6 Å². The molecule has 0 spiro atoms. The second-order valence-corrected chi connectivity index (χ2v) is 4.68. The van der Waals surface area contributed by atoms with Crippen LogP contribution in [-0.2, 0) is 16.0 Å². The van der Waals surface area contributed by atoms with Crippen molar-refractivity contribution in [3.05, 3.63) is 35.4 Å². The van der Waals surface area contributed by atoms with Crippen LogP contribution in [0.4, 0.5) is 8.78 Å². The van der Waals surface area contributed by atoms with Crippen molar-refractivity contribution in [2.75, 3.05) is 0 Å². The summed E-state index contributed by atoms with van der Waals surface area (Å²) in [6.07, 6.45) is -0.385. The maximum Gasteiger partial charge on any atom is 0.326 e. The molecule has 0 aliphatic rings. The first kappa shape index (κ1) is 16.6. The zero-order valence-electron chi connectivity index (χ0n) is 11.3. The monoisotopic (exact) mass is 296 g/mol. The van der Waals surface area contributed by atoms with Gasteiger partial charge in [0.15, 0.2) is 0 Å². The summed E-state index contributed by atoms with van der Waals surface area (Å²) in [5.41, 5.74) is 0.0991. The SMILES string of the molecule is C[C@H](CC#N)[C@@H](NC(=O)Cc1cc(F)cc(F)c1)C(=O)O. The number of nitrogens with one attached hydrogen (secondary N) is 1. The second kappa shape index (κ2) is 7.33. The number of rotatable bonds is 6. The third-order valence-electron chi connectivity index (χ3n) is 2.85. The van der Waals surface area contributed by atoms with Crippen LogP contribution < -0.4 is 5.32 Å². The van der Waals surface area contributed by atoms with Crippen LogP contribution in [0.1, 0.15) is 18.9 Å². The maximum absolute atomic E-state index is 13.0. The topological polar surface area (TPSA) is 90.2 Å². The van der Waals surface area contributed by atoms with Crippen molar-refractivity contribution in [3.63, 3.8) is 0 Å². The molecular weight excluding hydrogens is 282 g/mol. The summed E-state index contributed by atoms with van der Waals surface area (Å²) in [7, 11) is 0. The Hall–Kier alpha value is -2.49. The fourth-order valence-corrected chi connectivity index (χ4v) is 1.83. The van der Waals surface area contributed by atoms with Gasteiger partial charge in [0.05, 0.1) is 12.5 Å². The predicted molar refractivity (Wildman–Crippen MR) is 69.0 cm³/mol. The molecule has 0 radical (unpaired) electrons. The van der Waals surface area contributed by atoms with Gasteiger partial charge in [0.2, 0.25) is 5.91 Å². The van der Waals surface area contributed by atoms with Gasteiger partial charge in [-0.2, -0.15) is 5.26 Å². The van der Waals surface area contributed by atoms with E-state index in [2.05, 4.69) is 5.32 Å². The number of nitriles is 1. The first-order chi connectivity index (χ1) is 9.83. The molecule has 21 heavy (non-hydrogen) atoms. The lowest BCUT2D eigenvalue weighted by atomic mass is 9.98. The summed E-state index contributed by atoms with van der Waals surface area (Å²) in [5.74, 6) is -4.16. The van der Waals surface area contributed by atoms with Crippen LogP contribution in [0.15, 0.2) is 18.2 Å². The Morgan fingerprint density at radius 1 is 1.33 bits per heavy atom. The van der Waals surface area contributed by atoms with E-state index in [0.717, 1.165) is 12.1 Å². The normalized spacial score (nSPS) is 13.0. The minimum atomic E-state index is -1.27. The number of nitrogens with zero attached hydrogens (tertiary/aromatic N) is 1. The molecule has 0 bridgehead atoms. The number of carboxylic acids is 1. The third kappa shape index (κ3) is 5.18. The number of halogens is 2. The van der Waals surface area contributed by atoms with Crippen molar-refractivity contribution in [3.8, 4) is 6.07 Å². The fourth-order valence-electron chi connectivity index (χ4n) is 1.83. The molecule has 7 heteroatoms. The number of amides is 1. The molecule has 0 aliphatic carbocycles. The van der Waals surface area contributed by atoms with E-state index < -0.39 is 35.5 Å². The van der Waals surface area contributed by atoms with Gasteiger partial charge in [-0.3, -0.25) is 4.79 Å². The third-order valence-corrected chi connectivity index (χ3v) is 2.85. The Morgan fingerprint density at radius 2 is 1.90 bits per heavy atom. The number of aliphatic carboxylic acids is 1. The molecule has 0 saturated carbocycles. The highest BCUT2D eigenvalue weighted by molar-refractivity contribution is 5.85. The lowest BCUT2D eigenvalue weighted by Crippen LogP contribution is -2.45. The summed E-state index contributed by atoms with van der Waals surface area (Å²) >= 11 is 0. The van der Waals surface area contributed by atoms with Crippen molar-refractivity contribution in [2.24, 2.45) is 5.92 Å². The standard InChI is InChI=1S/C14H14F2N2O3/c1-8(2-3-17)13(14(20)21)18-12(19)6-9-4-10(15)7-11(16)5-9/h4-5,7-8,13H,2,6H2,1H3,(H,18,19)(H,20,21)/t8-,13-/m1/s1. The van der Waals surface area contributed by atoms with Crippen molar-refractivity contribution in [2.45, 2.75) is 25.8 Å². The van der Waals surface area contributed by atoms with Gasteiger partial charge in [0.25, 0.3) is 0 Å². The first-order valence-corrected chi connectivity index (χ1v) is 6.17. The average Bonchev–Trinajstić information content (AvgIpc) is 2.34. The summed E-state index contributed by atoms with van der Waals surface area (Å²) in [6.45, 7) is 1.52. The largest absolute Gasteiger partial charge is 0.480 e. The van der Waals surface area contributed by atoms with Gasteiger partial charge in [-0.1, -0.05) is 6.92 Å². The minimum Gasteiger partial charge on any atom is -0.480 e. The van der Waals surface area contributed by atoms with Gasteiger partial charge in [0.1, 0.15) is 17.7 Å². The van der Waals surface area contributed by atoms with Crippen molar-refractivity contribution in [1.82, 2.24) is 5.32 Å². The maximum atomic E-state index is 13.0. The average molecular weight is 296 g/mol. The highest BCUT2D eigenvalue weighted by atomic mass is 19.1. The lowest BCUT2D eigenvalue weighted by Gasteiger charge is -2.19. The summed E-state index contributed by atoms with van der Waals surface area (Å²) < 4.78 is 26.0. The molecule has 1 aromatic carbocycles. The van der Waals surface area contributed by atoms with E-state index in [1.807, 2.05) is 6.07 Å². The molecule has 0 fully saturated rings. The summed E-state index contributed by atoms with van der Waals surface area (Å²) in [5, 5.41) is 19.8. The zero-order chi connectivity index (χ0) is 16.0. The van der Waals surface area contributed by atoms with Crippen LogP contribution in [0.25, 0.3) is 0 Å². The second-order valence-electron chi connectivity index (χ2n) is 4.68. The molecular formula is C14H14F2N2O3. The zero-order valence-corrected chi connectivity index (χ0v) is 11.3. The highest BCUT2D eigenvalue weighted by Crippen LogP contribution is 2.11. The molecule has 0 saturated heterocycles. The number of hydrogen-bond donors (Lipinski definition) is 2. The number of carbonyl (C=O) groups excluding carboxylic acids is 1. The number of carboxylic acid groups (broad SMARTS) is 1. The summed E-state index contributed by atoms with van der Waals surface area (Å²) in [4.78, 5) is 22.8. The lowest BCUT2D eigenvalue weighted by molar-refractivity contribution is -0.143. The molecule has 1 rings (SSSR count). The van der Waals surface area contributed by atoms with Gasteiger partial charge in [-0.15, -0.1) is 0 Å². The van der Waals surface area contributed by atoms with E-state index >= 15 is 0 Å². The molecule has 0 aliphatic heterocycles. The highest BCUT2D eigenvalue weighted by Gasteiger charge is 2.26. The van der Waals surface area contributed by atoms with E-state index in [-0.39, 0.29) is 18.4 Å². The van der Waals surface area contributed by atoms with E-state index in [1.54, 1.807) is 0 Å². The Labute approximate surface area is 120 Å². The van der Waals surface area contributed by atoms with Crippen molar-refractivity contribution < 1.29 is 23.5 Å².